The molecule has 2 fully saturated rings. The summed E-state index contributed by atoms with van der Waals surface area (Å²) < 4.78 is 0. The lowest BCUT2D eigenvalue weighted by Crippen LogP contribution is -2.51. The number of piperazine rings is 1. The first-order chi connectivity index (χ1) is 15.4. The highest BCUT2D eigenvalue weighted by Gasteiger charge is 2.31. The van der Waals surface area contributed by atoms with Gasteiger partial charge >= 0.3 is 0 Å². The Balaban J connectivity index is 1.24. The number of para-hydroxylation sites is 1. The molecule has 0 aromatic heterocycles. The molecule has 2 aromatic carbocycles. The molecule has 8 heteroatoms. The van der Waals surface area contributed by atoms with Gasteiger partial charge in [0.1, 0.15) is 5.75 Å². The summed E-state index contributed by atoms with van der Waals surface area (Å²) in [5, 5.41) is 12.6. The van der Waals surface area contributed by atoms with Crippen LogP contribution in [0.15, 0.2) is 42.5 Å². The summed E-state index contributed by atoms with van der Waals surface area (Å²) in [5.41, 5.74) is 3.05. The fraction of sp³-hybridized carbons (Fsp3) is 0.417. The highest BCUT2D eigenvalue weighted by atomic mass is 35.5. The third-order valence-electron chi connectivity index (χ3n) is 6.31. The largest absolute Gasteiger partial charge is 0.506 e. The molecule has 2 N–H and O–H groups in total. The third kappa shape index (κ3) is 5.16. The smallest absolute Gasteiger partial charge is 0.236 e. The molecule has 32 heavy (non-hydrogen) atoms. The van der Waals surface area contributed by atoms with E-state index in [1.54, 1.807) is 6.07 Å². The minimum Gasteiger partial charge on any atom is -0.506 e. The van der Waals surface area contributed by atoms with Gasteiger partial charge in [0.05, 0.1) is 17.5 Å². The first-order valence-electron chi connectivity index (χ1n) is 11.0. The summed E-state index contributed by atoms with van der Waals surface area (Å²) in [5.74, 6) is -0.155. The SMILES string of the molecule is Cc1ccccc1N1CCN(C(=O)CN2CC[C@@H](C(=O)Nc3ccc(O)c(Cl)c3)C2)CC1. The highest BCUT2D eigenvalue weighted by Crippen LogP contribution is 2.27. The number of phenolic OH excluding ortho intramolecular Hbond substituents is 1. The van der Waals surface area contributed by atoms with Crippen molar-refractivity contribution in [1.82, 2.24) is 9.80 Å². The van der Waals surface area contributed by atoms with Crippen LogP contribution in [0, 0.1) is 12.8 Å². The maximum absolute atomic E-state index is 12.8. The summed E-state index contributed by atoms with van der Waals surface area (Å²) in [6.07, 6.45) is 0.714. The van der Waals surface area contributed by atoms with Gasteiger partial charge in [-0.2, -0.15) is 0 Å². The van der Waals surface area contributed by atoms with Gasteiger partial charge in [-0.25, -0.2) is 0 Å². The molecule has 0 bridgehead atoms. The molecule has 0 unspecified atom stereocenters. The number of halogens is 1. The zero-order chi connectivity index (χ0) is 22.7. The molecule has 0 saturated carbocycles. The number of phenols is 1. The predicted octanol–water partition coefficient (Wildman–Crippen LogP) is 2.96. The molecule has 2 aromatic rings. The van der Waals surface area contributed by atoms with Crippen LogP contribution in [0.5, 0.6) is 5.75 Å². The molecular formula is C24H29ClN4O3. The molecule has 7 nitrogen and oxygen atoms in total. The van der Waals surface area contributed by atoms with Crippen LogP contribution in [0.4, 0.5) is 11.4 Å². The standard InChI is InChI=1S/C24H29ClN4O3/c1-17-4-2-3-5-21(17)28-10-12-29(13-11-28)23(31)16-27-9-8-18(15-27)24(32)26-19-6-7-22(30)20(25)14-19/h2-7,14,18,30H,8-13,15-16H2,1H3,(H,26,32)/t18-/m1/s1. The molecule has 1 atom stereocenters. The van der Waals surface area contributed by atoms with Crippen molar-refractivity contribution in [2.45, 2.75) is 13.3 Å². The fourth-order valence-corrected chi connectivity index (χ4v) is 4.61. The molecule has 2 amide bonds. The minimum absolute atomic E-state index is 0.0186. The van der Waals surface area contributed by atoms with Crippen LogP contribution >= 0.6 is 11.6 Å². The van der Waals surface area contributed by atoms with E-state index < -0.39 is 0 Å². The Morgan fingerprint density at radius 2 is 1.84 bits per heavy atom. The van der Waals surface area contributed by atoms with Gasteiger partial charge in [0.2, 0.25) is 11.8 Å². The zero-order valence-electron chi connectivity index (χ0n) is 18.3. The van der Waals surface area contributed by atoms with Crippen molar-refractivity contribution in [3.8, 4) is 5.75 Å². The molecular weight excluding hydrogens is 428 g/mol. The highest BCUT2D eigenvalue weighted by molar-refractivity contribution is 6.32. The van der Waals surface area contributed by atoms with Gasteiger partial charge in [-0.05, 0) is 49.7 Å². The Morgan fingerprint density at radius 3 is 2.56 bits per heavy atom. The molecule has 0 radical (unpaired) electrons. The van der Waals surface area contributed by atoms with Crippen molar-refractivity contribution in [2.24, 2.45) is 5.92 Å². The quantitative estimate of drug-likeness (QED) is 0.676. The van der Waals surface area contributed by atoms with Crippen LogP contribution < -0.4 is 10.2 Å². The van der Waals surface area contributed by atoms with E-state index in [2.05, 4.69) is 40.2 Å². The summed E-state index contributed by atoms with van der Waals surface area (Å²) in [6.45, 7) is 6.84. The van der Waals surface area contributed by atoms with Gasteiger partial charge in [-0.3, -0.25) is 14.5 Å². The van der Waals surface area contributed by atoms with Crippen molar-refractivity contribution in [3.63, 3.8) is 0 Å². The number of nitrogens with one attached hydrogen (secondary N) is 1. The van der Waals surface area contributed by atoms with Crippen LogP contribution in [0.3, 0.4) is 0 Å². The molecule has 2 heterocycles. The summed E-state index contributed by atoms with van der Waals surface area (Å²) in [4.78, 5) is 31.8. The van der Waals surface area contributed by atoms with Crippen molar-refractivity contribution >= 4 is 34.8 Å². The van der Waals surface area contributed by atoms with Crippen molar-refractivity contribution in [3.05, 3.63) is 53.1 Å². The number of amides is 2. The number of benzene rings is 2. The minimum atomic E-state index is -0.173. The fourth-order valence-electron chi connectivity index (χ4n) is 4.43. The number of aromatic hydroxyl groups is 1. The van der Waals surface area contributed by atoms with E-state index in [1.165, 1.54) is 23.4 Å². The molecule has 170 valence electrons. The monoisotopic (exact) mass is 456 g/mol. The van der Waals surface area contributed by atoms with Crippen LogP contribution in [0.2, 0.25) is 5.02 Å². The number of rotatable bonds is 5. The number of likely N-dealkylation sites (tertiary alicyclic amines) is 1. The molecule has 2 aliphatic heterocycles. The van der Waals surface area contributed by atoms with Gasteiger partial charge in [0.15, 0.2) is 0 Å². The second kappa shape index (κ2) is 9.79. The van der Waals surface area contributed by atoms with Crippen molar-refractivity contribution in [1.29, 1.82) is 0 Å². The Hall–Kier alpha value is -2.77. The predicted molar refractivity (Wildman–Crippen MR) is 126 cm³/mol. The molecule has 2 saturated heterocycles. The van der Waals surface area contributed by atoms with E-state index in [0.717, 1.165) is 19.6 Å². The summed E-state index contributed by atoms with van der Waals surface area (Å²) in [6, 6.07) is 12.9. The van der Waals surface area contributed by atoms with E-state index in [0.29, 0.717) is 38.3 Å². The number of aryl methyl sites for hydroxylation is 1. The Morgan fingerprint density at radius 1 is 1.09 bits per heavy atom. The van der Waals surface area contributed by atoms with Crippen LogP contribution in [-0.2, 0) is 9.59 Å². The molecule has 0 spiro atoms. The van der Waals surface area contributed by atoms with Gasteiger partial charge in [-0.15, -0.1) is 0 Å². The lowest BCUT2D eigenvalue weighted by atomic mass is 10.1. The number of nitrogens with zero attached hydrogens (tertiary/aromatic N) is 3. The molecule has 0 aliphatic carbocycles. The Bertz CT molecular complexity index is 991. The number of carbonyl (C=O) groups excluding carboxylic acids is 2. The number of hydrogen-bond acceptors (Lipinski definition) is 5. The second-order valence-electron chi connectivity index (χ2n) is 8.53. The molecule has 2 aliphatic rings. The van der Waals surface area contributed by atoms with E-state index in [1.807, 2.05) is 11.0 Å². The number of hydrogen-bond donors (Lipinski definition) is 2. The second-order valence-corrected chi connectivity index (χ2v) is 8.94. The summed E-state index contributed by atoms with van der Waals surface area (Å²) in [7, 11) is 0. The first-order valence-corrected chi connectivity index (χ1v) is 11.4. The average molecular weight is 457 g/mol. The van der Waals surface area contributed by atoms with Crippen LogP contribution in [0.1, 0.15) is 12.0 Å². The lowest BCUT2D eigenvalue weighted by molar-refractivity contribution is -0.132. The van der Waals surface area contributed by atoms with E-state index in [9.17, 15) is 14.7 Å². The topological polar surface area (TPSA) is 76.1 Å². The average Bonchev–Trinajstić information content (AvgIpc) is 3.25. The van der Waals surface area contributed by atoms with E-state index in [4.69, 9.17) is 11.6 Å². The van der Waals surface area contributed by atoms with Gasteiger partial charge in [-0.1, -0.05) is 29.8 Å². The third-order valence-corrected chi connectivity index (χ3v) is 6.61. The zero-order valence-corrected chi connectivity index (χ0v) is 19.0. The van der Waals surface area contributed by atoms with Crippen molar-refractivity contribution in [2.75, 3.05) is 56.0 Å². The van der Waals surface area contributed by atoms with Gasteiger partial charge < -0.3 is 20.2 Å². The van der Waals surface area contributed by atoms with Crippen molar-refractivity contribution < 1.29 is 14.7 Å². The first kappa shape index (κ1) is 22.4. The number of anilines is 2. The Kier molecular flexibility index (Phi) is 6.86. The normalized spacial score (nSPS) is 19.2. The van der Waals surface area contributed by atoms with E-state index in [-0.39, 0.29) is 28.5 Å². The van der Waals surface area contributed by atoms with Crippen LogP contribution in [-0.4, -0.2) is 72.5 Å². The molecule has 4 rings (SSSR count). The number of carbonyl (C=O) groups is 2. The van der Waals surface area contributed by atoms with Gasteiger partial charge in [0.25, 0.3) is 0 Å². The maximum Gasteiger partial charge on any atom is 0.236 e. The van der Waals surface area contributed by atoms with E-state index >= 15 is 0 Å². The Labute approximate surface area is 193 Å². The van der Waals surface area contributed by atoms with Crippen LogP contribution in [0.25, 0.3) is 0 Å². The van der Waals surface area contributed by atoms with Gasteiger partial charge in [0, 0.05) is 44.1 Å². The lowest BCUT2D eigenvalue weighted by Gasteiger charge is -2.37. The summed E-state index contributed by atoms with van der Waals surface area (Å²) >= 11 is 5.91. The maximum atomic E-state index is 12.8.